The Morgan fingerprint density at radius 1 is 1.57 bits per heavy atom. The molecule has 0 N–H and O–H groups in total. The zero-order chi connectivity index (χ0) is 10.4. The van der Waals surface area contributed by atoms with Crippen molar-refractivity contribution in [2.75, 3.05) is 32.1 Å². The van der Waals surface area contributed by atoms with Crippen LogP contribution in [0.2, 0.25) is 0 Å². The number of likely N-dealkylation sites (tertiary alicyclic amines) is 1. The summed E-state index contributed by atoms with van der Waals surface area (Å²) in [5, 5.41) is 1.12. The summed E-state index contributed by atoms with van der Waals surface area (Å²) in [6.45, 7) is 5.87. The van der Waals surface area contributed by atoms with E-state index in [1.54, 1.807) is 0 Å². The highest BCUT2D eigenvalue weighted by atomic mass is 79.9. The highest BCUT2D eigenvalue weighted by Crippen LogP contribution is 2.16. The molecule has 2 atom stereocenters. The Hall–Kier alpha value is 0.400. The molecule has 0 saturated carbocycles. The van der Waals surface area contributed by atoms with Gasteiger partial charge in [0.2, 0.25) is 0 Å². The molecule has 1 heterocycles. The minimum Gasteiger partial charge on any atom is -0.380 e. The van der Waals surface area contributed by atoms with Gasteiger partial charge in [-0.25, -0.2) is 0 Å². The van der Waals surface area contributed by atoms with Crippen molar-refractivity contribution in [3.63, 3.8) is 0 Å². The quantitative estimate of drug-likeness (QED) is 0.707. The molecular weight excluding hydrogens is 242 g/mol. The van der Waals surface area contributed by atoms with Crippen LogP contribution in [0.3, 0.4) is 0 Å². The molecule has 1 aliphatic rings. The summed E-state index contributed by atoms with van der Waals surface area (Å²) < 4.78 is 5.42. The smallest absolute Gasteiger partial charge is 0.0698 e. The topological polar surface area (TPSA) is 12.5 Å². The molecule has 14 heavy (non-hydrogen) atoms. The van der Waals surface area contributed by atoms with Crippen molar-refractivity contribution >= 4 is 15.9 Å². The van der Waals surface area contributed by atoms with Crippen molar-refractivity contribution in [1.82, 2.24) is 4.90 Å². The lowest BCUT2D eigenvalue weighted by atomic mass is 10.0. The summed E-state index contributed by atoms with van der Waals surface area (Å²) in [6, 6.07) is 0. The van der Waals surface area contributed by atoms with Crippen LogP contribution in [0.1, 0.15) is 26.2 Å². The molecule has 2 nitrogen and oxygen atoms in total. The van der Waals surface area contributed by atoms with Crippen LogP contribution in [0, 0.1) is 5.92 Å². The van der Waals surface area contributed by atoms with E-state index in [-0.39, 0.29) is 0 Å². The number of methoxy groups -OCH3 is 1. The van der Waals surface area contributed by atoms with Crippen LogP contribution in [0.5, 0.6) is 0 Å². The molecular formula is C11H22BrNO. The van der Waals surface area contributed by atoms with E-state index in [4.69, 9.17) is 4.74 Å². The first-order valence-electron chi connectivity index (χ1n) is 5.61. The minimum atomic E-state index is 0.469. The second-order valence-electron chi connectivity index (χ2n) is 4.19. The zero-order valence-corrected chi connectivity index (χ0v) is 10.9. The first-order chi connectivity index (χ1) is 6.80. The number of piperidine rings is 1. The Morgan fingerprint density at radius 2 is 2.36 bits per heavy atom. The predicted molar refractivity (Wildman–Crippen MR) is 64.0 cm³/mol. The van der Waals surface area contributed by atoms with Crippen molar-refractivity contribution in [2.24, 2.45) is 5.92 Å². The van der Waals surface area contributed by atoms with Gasteiger partial charge in [-0.15, -0.1) is 0 Å². The molecule has 0 spiro atoms. The van der Waals surface area contributed by atoms with Gasteiger partial charge in [-0.3, -0.25) is 0 Å². The lowest BCUT2D eigenvalue weighted by molar-refractivity contribution is 0.0268. The second-order valence-corrected chi connectivity index (χ2v) is 4.84. The standard InChI is InChI=1S/C11H22BrNO/c1-3-10(7-12)8-13-6-4-5-11(9-13)14-2/h10-11H,3-9H2,1-2H3. The van der Waals surface area contributed by atoms with Crippen molar-refractivity contribution < 1.29 is 4.74 Å². The number of nitrogens with zero attached hydrogens (tertiary/aromatic N) is 1. The number of rotatable bonds is 5. The van der Waals surface area contributed by atoms with Crippen molar-refractivity contribution in [3.05, 3.63) is 0 Å². The van der Waals surface area contributed by atoms with Gasteiger partial charge in [-0.2, -0.15) is 0 Å². The highest BCUT2D eigenvalue weighted by molar-refractivity contribution is 9.09. The fourth-order valence-corrected chi connectivity index (χ4v) is 2.69. The van der Waals surface area contributed by atoms with Crippen LogP contribution in [0.15, 0.2) is 0 Å². The lowest BCUT2D eigenvalue weighted by Gasteiger charge is -2.33. The molecule has 2 unspecified atom stereocenters. The number of alkyl halides is 1. The average Bonchev–Trinajstić information content (AvgIpc) is 2.26. The molecule has 1 fully saturated rings. The fraction of sp³-hybridized carbons (Fsp3) is 1.00. The van der Waals surface area contributed by atoms with E-state index in [2.05, 4.69) is 27.8 Å². The third-order valence-electron chi connectivity index (χ3n) is 3.11. The second kappa shape index (κ2) is 6.81. The first-order valence-corrected chi connectivity index (χ1v) is 6.73. The van der Waals surface area contributed by atoms with Gasteiger partial charge in [-0.1, -0.05) is 29.3 Å². The van der Waals surface area contributed by atoms with E-state index in [9.17, 15) is 0 Å². The van der Waals surface area contributed by atoms with Gasteiger partial charge in [0.05, 0.1) is 6.10 Å². The van der Waals surface area contributed by atoms with E-state index in [0.29, 0.717) is 6.10 Å². The summed E-state index contributed by atoms with van der Waals surface area (Å²) in [5.74, 6) is 0.797. The van der Waals surface area contributed by atoms with Gasteiger partial charge < -0.3 is 9.64 Å². The molecule has 0 aromatic rings. The van der Waals surface area contributed by atoms with Gasteiger partial charge in [0.25, 0.3) is 0 Å². The summed E-state index contributed by atoms with van der Waals surface area (Å²) in [7, 11) is 1.83. The molecule has 0 radical (unpaired) electrons. The predicted octanol–water partition coefficient (Wildman–Crippen LogP) is 2.52. The number of hydrogen-bond donors (Lipinski definition) is 0. The molecule has 0 aliphatic carbocycles. The Kier molecular flexibility index (Phi) is 6.06. The van der Waals surface area contributed by atoms with Crippen LogP contribution >= 0.6 is 15.9 Å². The summed E-state index contributed by atoms with van der Waals surface area (Å²) in [4.78, 5) is 2.55. The van der Waals surface area contributed by atoms with E-state index < -0.39 is 0 Å². The SMILES string of the molecule is CCC(CBr)CN1CCCC(OC)C1. The van der Waals surface area contributed by atoms with Crippen LogP contribution in [0.4, 0.5) is 0 Å². The van der Waals surface area contributed by atoms with E-state index in [0.717, 1.165) is 17.8 Å². The third kappa shape index (κ3) is 3.87. The van der Waals surface area contributed by atoms with E-state index in [1.165, 1.54) is 32.4 Å². The van der Waals surface area contributed by atoms with Crippen LogP contribution in [0.25, 0.3) is 0 Å². The molecule has 84 valence electrons. The van der Waals surface area contributed by atoms with Crippen molar-refractivity contribution in [1.29, 1.82) is 0 Å². The van der Waals surface area contributed by atoms with Gasteiger partial charge in [0.1, 0.15) is 0 Å². The first kappa shape index (κ1) is 12.5. The fourth-order valence-electron chi connectivity index (χ4n) is 2.02. The molecule has 0 aromatic carbocycles. The number of hydrogen-bond acceptors (Lipinski definition) is 2. The Morgan fingerprint density at radius 3 is 2.93 bits per heavy atom. The molecule has 0 amide bonds. The summed E-state index contributed by atoms with van der Waals surface area (Å²) in [6.07, 6.45) is 4.26. The zero-order valence-electron chi connectivity index (χ0n) is 9.34. The third-order valence-corrected chi connectivity index (χ3v) is 4.02. The van der Waals surface area contributed by atoms with E-state index in [1.807, 2.05) is 7.11 Å². The van der Waals surface area contributed by atoms with Crippen LogP contribution in [-0.4, -0.2) is 43.1 Å². The van der Waals surface area contributed by atoms with Gasteiger partial charge >= 0.3 is 0 Å². The molecule has 3 heteroatoms. The highest BCUT2D eigenvalue weighted by Gasteiger charge is 2.20. The lowest BCUT2D eigenvalue weighted by Crippen LogP contribution is -2.41. The summed E-state index contributed by atoms with van der Waals surface area (Å²) in [5.41, 5.74) is 0. The monoisotopic (exact) mass is 263 g/mol. The molecule has 1 aliphatic heterocycles. The number of halogens is 1. The Balaban J connectivity index is 2.29. The van der Waals surface area contributed by atoms with E-state index >= 15 is 0 Å². The summed E-state index contributed by atoms with van der Waals surface area (Å²) >= 11 is 3.58. The molecule has 1 rings (SSSR count). The maximum Gasteiger partial charge on any atom is 0.0698 e. The van der Waals surface area contributed by atoms with Gasteiger partial charge in [0, 0.05) is 25.5 Å². The normalized spacial score (nSPS) is 26.4. The van der Waals surface area contributed by atoms with Crippen LogP contribution in [-0.2, 0) is 4.74 Å². The molecule has 0 bridgehead atoms. The maximum atomic E-state index is 5.42. The van der Waals surface area contributed by atoms with Crippen molar-refractivity contribution in [2.45, 2.75) is 32.3 Å². The van der Waals surface area contributed by atoms with Gasteiger partial charge in [0.15, 0.2) is 0 Å². The Labute approximate surface area is 96.1 Å². The minimum absolute atomic E-state index is 0.469. The molecule has 0 aromatic heterocycles. The average molecular weight is 264 g/mol. The molecule has 1 saturated heterocycles. The largest absolute Gasteiger partial charge is 0.380 e. The maximum absolute atomic E-state index is 5.42. The van der Waals surface area contributed by atoms with Crippen molar-refractivity contribution in [3.8, 4) is 0 Å². The number of ether oxygens (including phenoxy) is 1. The van der Waals surface area contributed by atoms with Crippen LogP contribution < -0.4 is 0 Å². The van der Waals surface area contributed by atoms with Gasteiger partial charge in [-0.05, 0) is 25.3 Å². The Bertz CT molecular complexity index is 150.